The van der Waals surface area contributed by atoms with Crippen molar-refractivity contribution in [2.45, 2.75) is 31.5 Å². The summed E-state index contributed by atoms with van der Waals surface area (Å²) in [4.78, 5) is 14.8. The van der Waals surface area contributed by atoms with Crippen molar-refractivity contribution in [1.82, 2.24) is 4.90 Å². The first-order chi connectivity index (χ1) is 11.8. The molecular weight excluding hydrogens is 298 g/mol. The molecule has 0 N–H and O–H groups in total. The average molecular weight is 319 g/mol. The van der Waals surface area contributed by atoms with Crippen LogP contribution >= 0.6 is 0 Å². The van der Waals surface area contributed by atoms with Crippen LogP contribution in [0, 0.1) is 5.92 Å². The van der Waals surface area contributed by atoms with E-state index in [9.17, 15) is 4.79 Å². The van der Waals surface area contributed by atoms with Gasteiger partial charge in [-0.2, -0.15) is 0 Å². The Bertz CT molecular complexity index is 726. The zero-order chi connectivity index (χ0) is 16.4. The molecule has 3 aliphatic rings. The molecule has 0 saturated carbocycles. The number of fused-ring (bicyclic) bond motifs is 2. The fourth-order valence-corrected chi connectivity index (χ4v) is 3.83. The average Bonchev–Trinajstić information content (AvgIpc) is 2.68. The normalized spacial score (nSPS) is 24.8. The van der Waals surface area contributed by atoms with Crippen LogP contribution in [0.25, 0.3) is 0 Å². The second-order valence-corrected chi connectivity index (χ2v) is 6.50. The molecule has 3 atom stereocenters. The smallest absolute Gasteiger partial charge is 0.411 e. The molecule has 1 fully saturated rings. The van der Waals surface area contributed by atoms with E-state index in [-0.39, 0.29) is 18.2 Å². The fourth-order valence-electron chi connectivity index (χ4n) is 3.83. The highest BCUT2D eigenvalue weighted by molar-refractivity contribution is 5.70. The number of carbonyl (C=O) groups excluding carboxylic acids is 1. The van der Waals surface area contributed by atoms with Gasteiger partial charge >= 0.3 is 6.09 Å². The summed E-state index contributed by atoms with van der Waals surface area (Å²) in [7, 11) is 0. The maximum atomic E-state index is 12.8. The summed E-state index contributed by atoms with van der Waals surface area (Å²) in [5.41, 5.74) is 2.20. The molecule has 2 aromatic rings. The lowest BCUT2D eigenvalue weighted by Gasteiger charge is -2.47. The van der Waals surface area contributed by atoms with Crippen LogP contribution in [-0.4, -0.2) is 17.0 Å². The standard InChI is InChI=1S/C21H21NO2/c23-21(24-15-16-7-3-1-4-8-16)22-19-13-11-18(12-14-19)20(22)17-9-5-2-6-10-17/h1-11,13,18-20H,12,14-15H2/t18-,19+,20-/m1/s1. The first-order valence-corrected chi connectivity index (χ1v) is 8.55. The number of hydrogen-bond donors (Lipinski definition) is 0. The van der Waals surface area contributed by atoms with Gasteiger partial charge in [0, 0.05) is 5.92 Å². The number of piperidine rings is 1. The van der Waals surface area contributed by atoms with E-state index in [4.69, 9.17) is 4.74 Å². The van der Waals surface area contributed by atoms with Crippen LogP contribution in [0.3, 0.4) is 0 Å². The Kier molecular flexibility index (Phi) is 4.08. The van der Waals surface area contributed by atoms with Crippen LogP contribution in [0.15, 0.2) is 72.8 Å². The van der Waals surface area contributed by atoms with Crippen molar-refractivity contribution in [1.29, 1.82) is 0 Å². The van der Waals surface area contributed by atoms with E-state index in [1.165, 1.54) is 5.56 Å². The maximum Gasteiger partial charge on any atom is 0.411 e. The number of amides is 1. The van der Waals surface area contributed by atoms with Crippen molar-refractivity contribution in [3.05, 3.63) is 83.9 Å². The molecule has 122 valence electrons. The van der Waals surface area contributed by atoms with Gasteiger partial charge in [0.15, 0.2) is 0 Å². The summed E-state index contributed by atoms with van der Waals surface area (Å²) in [5.74, 6) is 0.377. The molecule has 3 heteroatoms. The molecule has 3 nitrogen and oxygen atoms in total. The summed E-state index contributed by atoms with van der Waals surface area (Å²) in [5, 5.41) is 0. The lowest BCUT2D eigenvalue weighted by Crippen LogP contribution is -2.50. The molecule has 1 amide bonds. The number of benzene rings is 2. The van der Waals surface area contributed by atoms with E-state index in [2.05, 4.69) is 24.3 Å². The molecule has 0 spiro atoms. The van der Waals surface area contributed by atoms with E-state index in [1.807, 2.05) is 53.4 Å². The Hall–Kier alpha value is -2.55. The second-order valence-electron chi connectivity index (χ2n) is 6.50. The van der Waals surface area contributed by atoms with Gasteiger partial charge in [-0.3, -0.25) is 4.90 Å². The van der Waals surface area contributed by atoms with E-state index in [0.717, 1.165) is 18.4 Å². The predicted molar refractivity (Wildman–Crippen MR) is 93.3 cm³/mol. The summed E-state index contributed by atoms with van der Waals surface area (Å²) in [6.07, 6.45) is 6.37. The molecule has 1 aliphatic carbocycles. The largest absolute Gasteiger partial charge is 0.445 e. The minimum absolute atomic E-state index is 0.0817. The Morgan fingerprint density at radius 1 is 0.958 bits per heavy atom. The third-order valence-electron chi connectivity index (χ3n) is 5.00. The second kappa shape index (κ2) is 6.52. The first kappa shape index (κ1) is 15.0. The van der Waals surface area contributed by atoms with Crippen LogP contribution < -0.4 is 0 Å². The van der Waals surface area contributed by atoms with Gasteiger partial charge in [0.25, 0.3) is 0 Å². The van der Waals surface area contributed by atoms with Gasteiger partial charge in [0.1, 0.15) is 6.61 Å². The molecule has 5 rings (SSSR count). The van der Waals surface area contributed by atoms with Crippen molar-refractivity contribution in [2.75, 3.05) is 0 Å². The summed E-state index contributed by atoms with van der Waals surface area (Å²) < 4.78 is 5.63. The zero-order valence-corrected chi connectivity index (χ0v) is 13.5. The van der Waals surface area contributed by atoms with Gasteiger partial charge in [-0.05, 0) is 24.0 Å². The number of ether oxygens (including phenoxy) is 1. The van der Waals surface area contributed by atoms with Crippen LogP contribution in [0.5, 0.6) is 0 Å². The summed E-state index contributed by atoms with van der Waals surface area (Å²) >= 11 is 0. The van der Waals surface area contributed by atoms with E-state index < -0.39 is 0 Å². The third-order valence-corrected chi connectivity index (χ3v) is 5.00. The zero-order valence-electron chi connectivity index (χ0n) is 13.5. The molecule has 24 heavy (non-hydrogen) atoms. The summed E-state index contributed by atoms with van der Waals surface area (Å²) in [6, 6.07) is 20.4. The Balaban J connectivity index is 1.55. The van der Waals surface area contributed by atoms with Crippen molar-refractivity contribution in [3.8, 4) is 0 Å². The van der Waals surface area contributed by atoms with Gasteiger partial charge in [0.2, 0.25) is 0 Å². The van der Waals surface area contributed by atoms with Crippen molar-refractivity contribution in [3.63, 3.8) is 0 Å². The minimum atomic E-state index is -0.216. The molecular formula is C21H21NO2. The number of nitrogens with zero attached hydrogens (tertiary/aromatic N) is 1. The Morgan fingerprint density at radius 3 is 2.33 bits per heavy atom. The SMILES string of the molecule is O=C(OCc1ccccc1)N1[C@H](c2ccccc2)[C@@H]2C=C[C@H]1CC2. The molecule has 2 heterocycles. The highest BCUT2D eigenvalue weighted by Gasteiger charge is 2.42. The molecule has 2 aromatic carbocycles. The van der Waals surface area contributed by atoms with Crippen LogP contribution in [0.2, 0.25) is 0 Å². The van der Waals surface area contributed by atoms with Crippen LogP contribution in [0.1, 0.15) is 30.0 Å². The van der Waals surface area contributed by atoms with Crippen molar-refractivity contribution < 1.29 is 9.53 Å². The van der Waals surface area contributed by atoms with E-state index in [0.29, 0.717) is 12.5 Å². The van der Waals surface area contributed by atoms with Crippen molar-refractivity contribution >= 4 is 6.09 Å². The number of hydrogen-bond acceptors (Lipinski definition) is 2. The van der Waals surface area contributed by atoms with Gasteiger partial charge in [0.05, 0.1) is 12.1 Å². The van der Waals surface area contributed by atoms with Crippen LogP contribution in [-0.2, 0) is 11.3 Å². The molecule has 2 bridgehead atoms. The monoisotopic (exact) mass is 319 g/mol. The minimum Gasteiger partial charge on any atom is -0.445 e. The number of carbonyl (C=O) groups is 1. The van der Waals surface area contributed by atoms with Gasteiger partial charge in [-0.25, -0.2) is 4.79 Å². The molecule has 0 aromatic heterocycles. The molecule has 2 aliphatic heterocycles. The molecule has 0 unspecified atom stereocenters. The molecule has 0 radical (unpaired) electrons. The lowest BCUT2D eigenvalue weighted by molar-refractivity contribution is 0.0325. The molecule has 1 saturated heterocycles. The van der Waals surface area contributed by atoms with Gasteiger partial charge in [-0.15, -0.1) is 0 Å². The maximum absolute atomic E-state index is 12.8. The quantitative estimate of drug-likeness (QED) is 0.766. The topological polar surface area (TPSA) is 29.5 Å². The fraction of sp³-hybridized carbons (Fsp3) is 0.286. The lowest BCUT2D eigenvalue weighted by atomic mass is 9.77. The van der Waals surface area contributed by atoms with E-state index >= 15 is 0 Å². The van der Waals surface area contributed by atoms with Gasteiger partial charge < -0.3 is 4.74 Å². The third kappa shape index (κ3) is 2.82. The Labute approximate surface area is 142 Å². The van der Waals surface area contributed by atoms with Crippen molar-refractivity contribution in [2.24, 2.45) is 5.92 Å². The predicted octanol–water partition coefficient (Wildman–Crippen LogP) is 4.71. The highest BCUT2D eigenvalue weighted by Crippen LogP contribution is 2.44. The van der Waals surface area contributed by atoms with E-state index in [1.54, 1.807) is 0 Å². The summed E-state index contributed by atoms with van der Waals surface area (Å²) in [6.45, 7) is 0.318. The Morgan fingerprint density at radius 2 is 1.67 bits per heavy atom. The van der Waals surface area contributed by atoms with Crippen LogP contribution in [0.4, 0.5) is 4.79 Å². The highest BCUT2D eigenvalue weighted by atomic mass is 16.6. The first-order valence-electron chi connectivity index (χ1n) is 8.55. The van der Waals surface area contributed by atoms with Gasteiger partial charge in [-0.1, -0.05) is 72.8 Å². The number of rotatable bonds is 3.